The lowest BCUT2D eigenvalue weighted by molar-refractivity contribution is -0.188. The van der Waals surface area contributed by atoms with Gasteiger partial charge in [0.15, 0.2) is 6.29 Å². The normalized spacial score (nSPS) is 13.0. The third kappa shape index (κ3) is 4.53. The summed E-state index contributed by atoms with van der Waals surface area (Å²) in [6, 6.07) is 4.24. The van der Waals surface area contributed by atoms with Crippen molar-refractivity contribution in [1.82, 2.24) is 0 Å². The number of rotatable bonds is 7. The van der Waals surface area contributed by atoms with Crippen molar-refractivity contribution in [2.45, 2.75) is 32.7 Å². The van der Waals surface area contributed by atoms with E-state index in [2.05, 4.69) is 0 Å². The van der Waals surface area contributed by atoms with Gasteiger partial charge in [0, 0.05) is 24.7 Å². The fourth-order valence-electron chi connectivity index (χ4n) is 1.62. The summed E-state index contributed by atoms with van der Waals surface area (Å²) in [4.78, 5) is 0. The van der Waals surface area contributed by atoms with E-state index in [1.165, 1.54) is 18.2 Å². The Balaban J connectivity index is 2.71. The van der Waals surface area contributed by atoms with Gasteiger partial charge in [-0.2, -0.15) is 0 Å². The molecule has 0 aliphatic rings. The first-order valence-electron chi connectivity index (χ1n) is 5.93. The van der Waals surface area contributed by atoms with Crippen LogP contribution >= 0.6 is 11.6 Å². The van der Waals surface area contributed by atoms with Gasteiger partial charge in [0.2, 0.25) is 0 Å². The largest absolute Gasteiger partial charge is 0.387 e. The molecule has 0 fully saturated rings. The van der Waals surface area contributed by atoms with Crippen molar-refractivity contribution < 1.29 is 19.0 Å². The molecule has 0 heterocycles. The third-order valence-electron chi connectivity index (χ3n) is 2.41. The summed E-state index contributed by atoms with van der Waals surface area (Å²) in [5.74, 6) is -0.398. The predicted octanol–water partition coefficient (Wildman–Crippen LogP) is 2.78. The SMILES string of the molecule is CCOC(OCC)C(O)Cc1cc(Cl)ccc1F. The molecular weight excluding hydrogens is 259 g/mol. The van der Waals surface area contributed by atoms with Crippen LogP contribution in [0.1, 0.15) is 19.4 Å². The summed E-state index contributed by atoms with van der Waals surface area (Å²) in [5, 5.41) is 10.4. The minimum absolute atomic E-state index is 0.0943. The fraction of sp³-hybridized carbons (Fsp3) is 0.538. The lowest BCUT2D eigenvalue weighted by Crippen LogP contribution is -2.33. The standard InChI is InChI=1S/C13H18ClFO3/c1-3-17-13(18-4-2)12(16)8-9-7-10(14)5-6-11(9)15/h5-7,12-13,16H,3-4,8H2,1-2H3. The molecule has 1 unspecified atom stereocenters. The number of ether oxygens (including phenoxy) is 2. The van der Waals surface area contributed by atoms with E-state index < -0.39 is 18.2 Å². The molecule has 5 heteroatoms. The smallest absolute Gasteiger partial charge is 0.183 e. The Bertz CT molecular complexity index is 367. The van der Waals surface area contributed by atoms with Crippen LogP contribution in [-0.2, 0) is 15.9 Å². The van der Waals surface area contributed by atoms with E-state index in [1.54, 1.807) is 13.8 Å². The molecule has 0 saturated carbocycles. The van der Waals surface area contributed by atoms with Gasteiger partial charge < -0.3 is 14.6 Å². The van der Waals surface area contributed by atoms with Crippen LogP contribution < -0.4 is 0 Å². The Morgan fingerprint density at radius 1 is 1.28 bits per heavy atom. The summed E-state index contributed by atoms with van der Waals surface area (Å²) < 4.78 is 24.0. The van der Waals surface area contributed by atoms with Crippen LogP contribution in [0.5, 0.6) is 0 Å². The van der Waals surface area contributed by atoms with Gasteiger partial charge in [0.1, 0.15) is 11.9 Å². The fourth-order valence-corrected chi connectivity index (χ4v) is 1.81. The Morgan fingerprint density at radius 3 is 2.44 bits per heavy atom. The minimum atomic E-state index is -0.933. The molecule has 1 atom stereocenters. The van der Waals surface area contributed by atoms with Crippen molar-refractivity contribution in [3.8, 4) is 0 Å². The third-order valence-corrected chi connectivity index (χ3v) is 2.65. The van der Waals surface area contributed by atoms with E-state index in [0.29, 0.717) is 23.8 Å². The molecule has 0 saturated heterocycles. The second kappa shape index (κ2) is 7.69. The molecule has 3 nitrogen and oxygen atoms in total. The van der Waals surface area contributed by atoms with Gasteiger partial charge in [-0.1, -0.05) is 11.6 Å². The van der Waals surface area contributed by atoms with Gasteiger partial charge in [0.05, 0.1) is 0 Å². The Morgan fingerprint density at radius 2 is 1.89 bits per heavy atom. The summed E-state index contributed by atoms with van der Waals surface area (Å²) in [7, 11) is 0. The van der Waals surface area contributed by atoms with Crippen LogP contribution in [-0.4, -0.2) is 30.7 Å². The second-order valence-corrected chi connectivity index (χ2v) is 4.22. The molecule has 0 spiro atoms. The quantitative estimate of drug-likeness (QED) is 0.779. The number of aliphatic hydroxyl groups excluding tert-OH is 1. The van der Waals surface area contributed by atoms with Crippen molar-refractivity contribution in [2.24, 2.45) is 0 Å². The van der Waals surface area contributed by atoms with Crippen LogP contribution in [0.4, 0.5) is 4.39 Å². The summed E-state index contributed by atoms with van der Waals surface area (Å²) in [6.45, 7) is 4.44. The molecule has 102 valence electrons. The average molecular weight is 277 g/mol. The van der Waals surface area contributed by atoms with Crippen molar-refractivity contribution in [2.75, 3.05) is 13.2 Å². The van der Waals surface area contributed by atoms with Gasteiger partial charge >= 0.3 is 0 Å². The topological polar surface area (TPSA) is 38.7 Å². The van der Waals surface area contributed by atoms with E-state index in [9.17, 15) is 9.50 Å². The lowest BCUT2D eigenvalue weighted by Gasteiger charge is -2.22. The molecule has 1 N–H and O–H groups in total. The highest BCUT2D eigenvalue weighted by atomic mass is 35.5. The number of aliphatic hydroxyl groups is 1. The van der Waals surface area contributed by atoms with E-state index in [0.717, 1.165) is 0 Å². The van der Waals surface area contributed by atoms with E-state index in [-0.39, 0.29) is 6.42 Å². The van der Waals surface area contributed by atoms with Crippen LogP contribution in [0.25, 0.3) is 0 Å². The molecule has 0 aliphatic heterocycles. The Hall–Kier alpha value is -0.680. The Kier molecular flexibility index (Phi) is 6.57. The van der Waals surface area contributed by atoms with Gasteiger partial charge in [-0.15, -0.1) is 0 Å². The van der Waals surface area contributed by atoms with Crippen LogP contribution in [0.2, 0.25) is 5.02 Å². The molecule has 18 heavy (non-hydrogen) atoms. The van der Waals surface area contributed by atoms with Crippen molar-refractivity contribution >= 4 is 11.6 Å². The van der Waals surface area contributed by atoms with E-state index in [1.807, 2.05) is 0 Å². The van der Waals surface area contributed by atoms with Crippen LogP contribution in [0.15, 0.2) is 18.2 Å². The molecular formula is C13H18ClFO3. The minimum Gasteiger partial charge on any atom is -0.387 e. The maximum atomic E-state index is 13.5. The Labute approximate surface area is 111 Å². The highest BCUT2D eigenvalue weighted by molar-refractivity contribution is 6.30. The van der Waals surface area contributed by atoms with E-state index >= 15 is 0 Å². The molecule has 0 radical (unpaired) electrons. The predicted molar refractivity (Wildman–Crippen MR) is 68.2 cm³/mol. The van der Waals surface area contributed by atoms with Crippen LogP contribution in [0, 0.1) is 5.82 Å². The van der Waals surface area contributed by atoms with Gasteiger partial charge in [-0.3, -0.25) is 0 Å². The monoisotopic (exact) mass is 276 g/mol. The zero-order valence-corrected chi connectivity index (χ0v) is 11.3. The van der Waals surface area contributed by atoms with Gasteiger partial charge in [-0.05, 0) is 37.6 Å². The maximum Gasteiger partial charge on any atom is 0.183 e. The molecule has 1 rings (SSSR count). The lowest BCUT2D eigenvalue weighted by atomic mass is 10.1. The zero-order chi connectivity index (χ0) is 13.5. The first kappa shape index (κ1) is 15.4. The molecule has 0 amide bonds. The maximum absolute atomic E-state index is 13.5. The number of hydrogen-bond donors (Lipinski definition) is 1. The van der Waals surface area contributed by atoms with Crippen LogP contribution in [0.3, 0.4) is 0 Å². The first-order chi connectivity index (χ1) is 8.58. The summed E-state index contributed by atoms with van der Waals surface area (Å²) in [5.41, 5.74) is 0.347. The number of benzene rings is 1. The van der Waals surface area contributed by atoms with Gasteiger partial charge in [-0.25, -0.2) is 4.39 Å². The molecule has 1 aromatic carbocycles. The molecule has 1 aromatic rings. The highest BCUT2D eigenvalue weighted by Gasteiger charge is 2.21. The van der Waals surface area contributed by atoms with Crippen molar-refractivity contribution in [3.63, 3.8) is 0 Å². The second-order valence-electron chi connectivity index (χ2n) is 3.79. The van der Waals surface area contributed by atoms with Crippen molar-refractivity contribution in [3.05, 3.63) is 34.6 Å². The summed E-state index contributed by atoms with van der Waals surface area (Å²) in [6.07, 6.45) is -1.59. The number of hydrogen-bond acceptors (Lipinski definition) is 3. The van der Waals surface area contributed by atoms with Crippen molar-refractivity contribution in [1.29, 1.82) is 0 Å². The first-order valence-corrected chi connectivity index (χ1v) is 6.31. The summed E-state index contributed by atoms with van der Waals surface area (Å²) >= 11 is 5.79. The molecule has 0 aliphatic carbocycles. The molecule has 0 aromatic heterocycles. The van der Waals surface area contributed by atoms with E-state index in [4.69, 9.17) is 21.1 Å². The zero-order valence-electron chi connectivity index (χ0n) is 10.5. The highest BCUT2D eigenvalue weighted by Crippen LogP contribution is 2.18. The van der Waals surface area contributed by atoms with Gasteiger partial charge in [0.25, 0.3) is 0 Å². The number of halogens is 2. The average Bonchev–Trinajstić information content (AvgIpc) is 2.33. The molecule has 0 bridgehead atoms.